The van der Waals surface area contributed by atoms with Crippen LogP contribution in [0.3, 0.4) is 0 Å². The summed E-state index contributed by atoms with van der Waals surface area (Å²) in [4.78, 5) is 3.30. The number of benzene rings is 3. The van der Waals surface area contributed by atoms with Gasteiger partial charge in [-0.15, -0.1) is 5.10 Å². The molecular weight excluding hydrogens is 484 g/mol. The lowest BCUT2D eigenvalue weighted by Gasteiger charge is -2.17. The van der Waals surface area contributed by atoms with Gasteiger partial charge < -0.3 is 0 Å². The Hall–Kier alpha value is -3.34. The standard InChI is InChI=1S/C22H19ClN4O4S2/c1-26(19-8-4-2-5-9-19)33(30,31)22-16-21(17-12-14-18(23)15-13-17)27(24-22)25-32(28,29)20-10-6-3-7-11-20/h2-16,25H,1H3. The van der Waals surface area contributed by atoms with Gasteiger partial charge in [0.15, 0.2) is 5.03 Å². The van der Waals surface area contributed by atoms with E-state index in [1.807, 2.05) is 0 Å². The molecule has 3 aromatic carbocycles. The molecule has 170 valence electrons. The van der Waals surface area contributed by atoms with E-state index in [0.717, 1.165) is 9.10 Å². The lowest BCUT2D eigenvalue weighted by Crippen LogP contribution is -2.28. The van der Waals surface area contributed by atoms with Crippen molar-refractivity contribution in [2.45, 2.75) is 9.92 Å². The van der Waals surface area contributed by atoms with E-state index in [1.165, 1.54) is 25.2 Å². The molecule has 1 aromatic heterocycles. The zero-order valence-electron chi connectivity index (χ0n) is 17.3. The van der Waals surface area contributed by atoms with E-state index in [9.17, 15) is 16.8 Å². The molecule has 0 spiro atoms. The third-order valence-corrected chi connectivity index (χ3v) is 8.05. The minimum Gasteiger partial charge on any atom is -0.268 e. The van der Waals surface area contributed by atoms with Crippen LogP contribution in [0.5, 0.6) is 0 Å². The third-order valence-electron chi connectivity index (χ3n) is 4.83. The molecule has 0 fully saturated rings. The highest BCUT2D eigenvalue weighted by Crippen LogP contribution is 2.27. The average molecular weight is 503 g/mol. The van der Waals surface area contributed by atoms with E-state index < -0.39 is 20.0 Å². The average Bonchev–Trinajstić information content (AvgIpc) is 3.24. The number of para-hydroxylation sites is 1. The zero-order valence-corrected chi connectivity index (χ0v) is 19.7. The van der Waals surface area contributed by atoms with Crippen LogP contribution < -0.4 is 9.14 Å². The van der Waals surface area contributed by atoms with Crippen LogP contribution in [0.2, 0.25) is 5.02 Å². The van der Waals surface area contributed by atoms with Gasteiger partial charge in [-0.2, -0.15) is 26.5 Å². The van der Waals surface area contributed by atoms with Crippen molar-refractivity contribution in [2.24, 2.45) is 0 Å². The number of hydrogen-bond acceptors (Lipinski definition) is 5. The lowest BCUT2D eigenvalue weighted by molar-refractivity contribution is 0.581. The summed E-state index contributed by atoms with van der Waals surface area (Å²) in [6, 6.07) is 24.0. The summed E-state index contributed by atoms with van der Waals surface area (Å²) in [6.45, 7) is 0. The summed E-state index contributed by atoms with van der Waals surface area (Å²) in [6.07, 6.45) is 0. The normalized spacial score (nSPS) is 11.8. The van der Waals surface area contributed by atoms with Crippen LogP contribution in [0.1, 0.15) is 0 Å². The smallest absolute Gasteiger partial charge is 0.268 e. The first-order valence-electron chi connectivity index (χ1n) is 9.66. The SMILES string of the molecule is CN(c1ccccc1)S(=O)(=O)c1cc(-c2ccc(Cl)cc2)n(NS(=O)(=O)c2ccccc2)n1. The van der Waals surface area contributed by atoms with Crippen molar-refractivity contribution in [1.82, 2.24) is 9.89 Å². The van der Waals surface area contributed by atoms with Crippen LogP contribution in [0.4, 0.5) is 5.69 Å². The van der Waals surface area contributed by atoms with Gasteiger partial charge in [0.05, 0.1) is 16.3 Å². The number of aromatic nitrogens is 2. The molecule has 0 saturated heterocycles. The summed E-state index contributed by atoms with van der Waals surface area (Å²) < 4.78 is 53.4. The maximum absolute atomic E-state index is 13.3. The van der Waals surface area contributed by atoms with Crippen LogP contribution in [-0.4, -0.2) is 33.8 Å². The molecule has 0 bridgehead atoms. The number of anilines is 1. The predicted molar refractivity (Wildman–Crippen MR) is 128 cm³/mol. The molecule has 0 unspecified atom stereocenters. The summed E-state index contributed by atoms with van der Waals surface area (Å²) in [5, 5.41) is 4.26. The second-order valence-corrected chi connectivity index (χ2v) is 11.0. The second-order valence-electron chi connectivity index (χ2n) is 7.00. The third kappa shape index (κ3) is 4.72. The molecule has 33 heavy (non-hydrogen) atoms. The van der Waals surface area contributed by atoms with Gasteiger partial charge in [-0.1, -0.05) is 60.1 Å². The molecule has 4 rings (SSSR count). The molecule has 0 radical (unpaired) electrons. The van der Waals surface area contributed by atoms with E-state index >= 15 is 0 Å². The van der Waals surface area contributed by atoms with E-state index in [4.69, 9.17) is 11.6 Å². The van der Waals surface area contributed by atoms with Crippen LogP contribution in [-0.2, 0) is 20.0 Å². The van der Waals surface area contributed by atoms with E-state index in [2.05, 4.69) is 9.93 Å². The quantitative estimate of drug-likeness (QED) is 0.412. The number of hydrogen-bond donors (Lipinski definition) is 1. The van der Waals surface area contributed by atoms with Crippen LogP contribution in [0, 0.1) is 0 Å². The van der Waals surface area contributed by atoms with E-state index in [0.29, 0.717) is 16.3 Å². The van der Waals surface area contributed by atoms with Gasteiger partial charge in [-0.3, -0.25) is 4.31 Å². The van der Waals surface area contributed by atoms with Gasteiger partial charge in [-0.05, 0) is 36.4 Å². The van der Waals surface area contributed by atoms with E-state index in [1.54, 1.807) is 72.8 Å². The van der Waals surface area contributed by atoms with Gasteiger partial charge >= 0.3 is 0 Å². The Morgan fingerprint density at radius 2 is 1.42 bits per heavy atom. The Kier molecular flexibility index (Phi) is 6.15. The molecule has 0 saturated carbocycles. The largest absolute Gasteiger partial charge is 0.283 e. The second kappa shape index (κ2) is 8.89. The Morgan fingerprint density at radius 3 is 2.03 bits per heavy atom. The number of nitrogens with zero attached hydrogens (tertiary/aromatic N) is 3. The minimum absolute atomic E-state index is 0.00775. The molecular formula is C22H19ClN4O4S2. The van der Waals surface area contributed by atoms with Crippen molar-refractivity contribution in [1.29, 1.82) is 0 Å². The summed E-state index contributed by atoms with van der Waals surface area (Å²) >= 11 is 5.98. The molecule has 1 heterocycles. The molecule has 0 amide bonds. The molecule has 0 atom stereocenters. The molecule has 1 N–H and O–H groups in total. The van der Waals surface area contributed by atoms with Gasteiger partial charge in [0.1, 0.15) is 0 Å². The number of rotatable bonds is 7. The Bertz CT molecular complexity index is 1470. The van der Waals surface area contributed by atoms with Crippen molar-refractivity contribution in [2.75, 3.05) is 16.2 Å². The maximum Gasteiger partial charge on any atom is 0.283 e. The first-order valence-corrected chi connectivity index (χ1v) is 13.0. The number of nitrogens with one attached hydrogen (secondary N) is 1. The molecule has 4 aromatic rings. The van der Waals surface area contributed by atoms with Crippen LogP contribution >= 0.6 is 11.6 Å². The summed E-state index contributed by atoms with van der Waals surface area (Å²) in [5.41, 5.74) is 1.18. The van der Waals surface area contributed by atoms with Gasteiger partial charge in [0, 0.05) is 23.7 Å². The number of sulfonamides is 2. The monoisotopic (exact) mass is 502 g/mol. The Morgan fingerprint density at radius 1 is 0.848 bits per heavy atom. The maximum atomic E-state index is 13.3. The van der Waals surface area contributed by atoms with Crippen LogP contribution in [0.25, 0.3) is 11.3 Å². The fourth-order valence-electron chi connectivity index (χ4n) is 3.06. The van der Waals surface area contributed by atoms with Gasteiger partial charge in [-0.25, -0.2) is 0 Å². The zero-order chi connectivity index (χ0) is 23.6. The molecule has 0 aliphatic heterocycles. The molecule has 11 heteroatoms. The van der Waals surface area contributed by atoms with Gasteiger partial charge in [0.2, 0.25) is 0 Å². The molecule has 0 aliphatic carbocycles. The van der Waals surface area contributed by atoms with Crippen molar-refractivity contribution in [3.05, 3.63) is 96.0 Å². The first kappa shape index (κ1) is 22.8. The van der Waals surface area contributed by atoms with Crippen molar-refractivity contribution < 1.29 is 16.8 Å². The predicted octanol–water partition coefficient (Wildman–Crippen LogP) is 3.96. The van der Waals surface area contributed by atoms with E-state index in [-0.39, 0.29) is 15.6 Å². The van der Waals surface area contributed by atoms with Crippen molar-refractivity contribution in [3.63, 3.8) is 0 Å². The first-order chi connectivity index (χ1) is 15.7. The molecule has 8 nitrogen and oxygen atoms in total. The van der Waals surface area contributed by atoms with Crippen molar-refractivity contribution >= 4 is 37.3 Å². The number of halogens is 1. The highest BCUT2D eigenvalue weighted by atomic mass is 35.5. The highest BCUT2D eigenvalue weighted by Gasteiger charge is 2.28. The van der Waals surface area contributed by atoms with Gasteiger partial charge in [0.25, 0.3) is 20.0 Å². The Balaban J connectivity index is 1.81. The fourth-order valence-corrected chi connectivity index (χ4v) is 5.30. The topological polar surface area (TPSA) is 101 Å². The Labute approximate surface area is 197 Å². The summed E-state index contributed by atoms with van der Waals surface area (Å²) in [7, 11) is -6.73. The van der Waals surface area contributed by atoms with Crippen LogP contribution in [0.15, 0.2) is 101 Å². The van der Waals surface area contributed by atoms with Crippen molar-refractivity contribution in [3.8, 4) is 11.3 Å². The highest BCUT2D eigenvalue weighted by molar-refractivity contribution is 7.93. The summed E-state index contributed by atoms with van der Waals surface area (Å²) in [5.74, 6) is 0. The fraction of sp³-hybridized carbons (Fsp3) is 0.0455. The minimum atomic E-state index is -4.09. The lowest BCUT2D eigenvalue weighted by atomic mass is 10.2. The molecule has 0 aliphatic rings.